The molecule has 2 N–H and O–H groups in total. The molecule has 4 nitrogen and oxygen atoms in total. The molecule has 1 aromatic heterocycles. The van der Waals surface area contributed by atoms with Gasteiger partial charge in [-0.25, -0.2) is 0 Å². The zero-order valence-corrected chi connectivity index (χ0v) is 10.9. The van der Waals surface area contributed by atoms with Gasteiger partial charge in [-0.15, -0.1) is 0 Å². The molecular weight excluding hydrogens is 254 g/mol. The van der Waals surface area contributed by atoms with Gasteiger partial charge in [-0.2, -0.15) is 0 Å². The Hall–Kier alpha value is -2.75. The number of furan rings is 1. The largest absolute Gasteiger partial charge is 0.507 e. The van der Waals surface area contributed by atoms with Gasteiger partial charge in [-0.05, 0) is 24.3 Å². The van der Waals surface area contributed by atoms with Crippen molar-refractivity contribution < 1.29 is 14.3 Å². The number of phenolic OH excluding ortho intramolecular Hbond substituents is 1. The van der Waals surface area contributed by atoms with Crippen molar-refractivity contribution in [3.8, 4) is 17.1 Å². The highest BCUT2D eigenvalue weighted by Crippen LogP contribution is 2.41. The van der Waals surface area contributed by atoms with Crippen molar-refractivity contribution in [1.82, 2.24) is 0 Å². The molecule has 1 heterocycles. The van der Waals surface area contributed by atoms with Crippen LogP contribution >= 0.6 is 0 Å². The Kier molecular flexibility index (Phi) is 2.91. The van der Waals surface area contributed by atoms with Gasteiger partial charge in [-0.3, -0.25) is 4.79 Å². The number of para-hydroxylation sites is 2. The summed E-state index contributed by atoms with van der Waals surface area (Å²) >= 11 is 0. The fourth-order valence-electron chi connectivity index (χ4n) is 2.20. The van der Waals surface area contributed by atoms with Crippen LogP contribution in [-0.2, 0) is 4.79 Å². The van der Waals surface area contributed by atoms with Crippen LogP contribution in [0.25, 0.3) is 22.3 Å². The first kappa shape index (κ1) is 12.3. The molecule has 20 heavy (non-hydrogen) atoms. The number of hydrogen-bond acceptors (Lipinski definition) is 3. The number of benzene rings is 2. The van der Waals surface area contributed by atoms with E-state index in [2.05, 4.69) is 5.32 Å². The third-order valence-corrected chi connectivity index (χ3v) is 3.05. The van der Waals surface area contributed by atoms with Crippen molar-refractivity contribution in [1.29, 1.82) is 0 Å². The van der Waals surface area contributed by atoms with Gasteiger partial charge in [0.25, 0.3) is 0 Å². The topological polar surface area (TPSA) is 62.5 Å². The van der Waals surface area contributed by atoms with E-state index in [1.807, 2.05) is 24.3 Å². The third-order valence-electron chi connectivity index (χ3n) is 3.05. The maximum atomic E-state index is 11.4. The molecule has 0 saturated carbocycles. The molecule has 0 aliphatic rings. The SMILES string of the molecule is CC(=O)Nc1c(-c2ccccc2O)oc2ccccc12. The summed E-state index contributed by atoms with van der Waals surface area (Å²) in [5, 5.41) is 13.6. The quantitative estimate of drug-likeness (QED) is 0.743. The first-order valence-corrected chi connectivity index (χ1v) is 6.24. The number of carbonyl (C=O) groups excluding carboxylic acids is 1. The van der Waals surface area contributed by atoms with E-state index in [0.717, 1.165) is 5.39 Å². The fourth-order valence-corrected chi connectivity index (χ4v) is 2.20. The maximum absolute atomic E-state index is 11.4. The minimum atomic E-state index is -0.187. The number of hydrogen-bond donors (Lipinski definition) is 2. The van der Waals surface area contributed by atoms with Crippen molar-refractivity contribution in [3.63, 3.8) is 0 Å². The van der Waals surface area contributed by atoms with Crippen LogP contribution in [0.2, 0.25) is 0 Å². The Balaban J connectivity index is 2.29. The molecule has 4 heteroatoms. The van der Waals surface area contributed by atoms with E-state index in [1.165, 1.54) is 6.92 Å². The zero-order chi connectivity index (χ0) is 14.1. The van der Waals surface area contributed by atoms with Gasteiger partial charge in [0.1, 0.15) is 11.3 Å². The number of fused-ring (bicyclic) bond motifs is 1. The minimum Gasteiger partial charge on any atom is -0.507 e. The van der Waals surface area contributed by atoms with E-state index in [4.69, 9.17) is 4.42 Å². The van der Waals surface area contributed by atoms with Crippen molar-refractivity contribution in [2.45, 2.75) is 6.92 Å². The smallest absolute Gasteiger partial charge is 0.221 e. The molecule has 0 fully saturated rings. The van der Waals surface area contributed by atoms with Gasteiger partial charge in [0.15, 0.2) is 5.76 Å². The first-order chi connectivity index (χ1) is 9.66. The van der Waals surface area contributed by atoms with E-state index in [-0.39, 0.29) is 11.7 Å². The van der Waals surface area contributed by atoms with Gasteiger partial charge in [-0.1, -0.05) is 24.3 Å². The van der Waals surface area contributed by atoms with Gasteiger partial charge < -0.3 is 14.8 Å². The summed E-state index contributed by atoms with van der Waals surface area (Å²) < 4.78 is 5.79. The maximum Gasteiger partial charge on any atom is 0.221 e. The van der Waals surface area contributed by atoms with Crippen molar-refractivity contribution in [3.05, 3.63) is 48.5 Å². The number of phenols is 1. The van der Waals surface area contributed by atoms with Crippen LogP contribution in [0.1, 0.15) is 6.92 Å². The van der Waals surface area contributed by atoms with Crippen molar-refractivity contribution in [2.24, 2.45) is 0 Å². The lowest BCUT2D eigenvalue weighted by molar-refractivity contribution is -0.114. The molecular formula is C16H13NO3. The lowest BCUT2D eigenvalue weighted by atomic mass is 10.1. The van der Waals surface area contributed by atoms with E-state index < -0.39 is 0 Å². The van der Waals surface area contributed by atoms with Crippen LogP contribution in [0.4, 0.5) is 5.69 Å². The highest BCUT2D eigenvalue weighted by atomic mass is 16.3. The second-order valence-corrected chi connectivity index (χ2v) is 4.50. The molecule has 0 bridgehead atoms. The minimum absolute atomic E-state index is 0.109. The summed E-state index contributed by atoms with van der Waals surface area (Å²) in [6.45, 7) is 1.44. The first-order valence-electron chi connectivity index (χ1n) is 6.24. The van der Waals surface area contributed by atoms with Crippen LogP contribution in [0.5, 0.6) is 5.75 Å². The Morgan fingerprint density at radius 1 is 1.10 bits per heavy atom. The molecule has 0 spiro atoms. The van der Waals surface area contributed by atoms with E-state index in [1.54, 1.807) is 24.3 Å². The zero-order valence-electron chi connectivity index (χ0n) is 10.9. The van der Waals surface area contributed by atoms with Gasteiger partial charge in [0.2, 0.25) is 5.91 Å². The number of carbonyl (C=O) groups is 1. The van der Waals surface area contributed by atoms with Gasteiger partial charge in [0.05, 0.1) is 11.3 Å². The van der Waals surface area contributed by atoms with Crippen molar-refractivity contribution in [2.75, 3.05) is 5.32 Å². The highest BCUT2D eigenvalue weighted by molar-refractivity contribution is 6.06. The molecule has 0 aliphatic heterocycles. The summed E-state index contributed by atoms with van der Waals surface area (Å²) in [5.41, 5.74) is 1.79. The average Bonchev–Trinajstić information content (AvgIpc) is 2.78. The monoisotopic (exact) mass is 267 g/mol. The Bertz CT molecular complexity index is 789. The average molecular weight is 267 g/mol. The number of rotatable bonds is 2. The van der Waals surface area contributed by atoms with Crippen LogP contribution in [0.3, 0.4) is 0 Å². The predicted molar refractivity (Wildman–Crippen MR) is 77.6 cm³/mol. The summed E-state index contributed by atoms with van der Waals surface area (Å²) in [6.07, 6.45) is 0. The number of anilines is 1. The lowest BCUT2D eigenvalue weighted by Crippen LogP contribution is -2.06. The van der Waals surface area contributed by atoms with Crippen LogP contribution < -0.4 is 5.32 Å². The van der Waals surface area contributed by atoms with Crippen LogP contribution in [0, 0.1) is 0 Å². The van der Waals surface area contributed by atoms with E-state index >= 15 is 0 Å². The summed E-state index contributed by atoms with van der Waals surface area (Å²) in [6, 6.07) is 14.3. The Labute approximate surface area is 115 Å². The van der Waals surface area contributed by atoms with E-state index in [9.17, 15) is 9.90 Å². The second-order valence-electron chi connectivity index (χ2n) is 4.50. The normalized spacial score (nSPS) is 10.7. The summed E-state index contributed by atoms with van der Waals surface area (Å²) in [4.78, 5) is 11.4. The number of aromatic hydroxyl groups is 1. The molecule has 100 valence electrons. The molecule has 1 amide bonds. The molecule has 0 saturated heterocycles. The Morgan fingerprint density at radius 3 is 2.55 bits per heavy atom. The number of nitrogens with one attached hydrogen (secondary N) is 1. The van der Waals surface area contributed by atoms with E-state index in [0.29, 0.717) is 22.6 Å². The standard InChI is InChI=1S/C16H13NO3/c1-10(18)17-15-12-7-3-5-9-14(12)20-16(15)11-6-2-4-8-13(11)19/h2-9,19H,1H3,(H,17,18). The fraction of sp³-hybridized carbons (Fsp3) is 0.0625. The Morgan fingerprint density at radius 2 is 1.80 bits per heavy atom. The summed E-state index contributed by atoms with van der Waals surface area (Å²) in [7, 11) is 0. The molecule has 0 aliphatic carbocycles. The molecule has 0 unspecified atom stereocenters. The molecule has 3 rings (SSSR count). The number of amides is 1. The summed E-state index contributed by atoms with van der Waals surface area (Å²) in [5.74, 6) is 0.380. The molecule has 3 aromatic rings. The van der Waals surface area contributed by atoms with Crippen LogP contribution in [0.15, 0.2) is 52.9 Å². The third kappa shape index (κ3) is 2.01. The predicted octanol–water partition coefficient (Wildman–Crippen LogP) is 3.76. The second kappa shape index (κ2) is 4.74. The lowest BCUT2D eigenvalue weighted by Gasteiger charge is -2.05. The molecule has 0 atom stereocenters. The molecule has 0 radical (unpaired) electrons. The van der Waals surface area contributed by atoms with Crippen LogP contribution in [-0.4, -0.2) is 11.0 Å². The van der Waals surface area contributed by atoms with Gasteiger partial charge in [0, 0.05) is 12.3 Å². The van der Waals surface area contributed by atoms with Gasteiger partial charge >= 0.3 is 0 Å². The highest BCUT2D eigenvalue weighted by Gasteiger charge is 2.18. The van der Waals surface area contributed by atoms with Crippen molar-refractivity contribution >= 4 is 22.6 Å². The molecule has 2 aromatic carbocycles.